The van der Waals surface area contributed by atoms with E-state index in [-0.39, 0.29) is 6.67 Å². The SMILES string of the molecule is O=C(O)C(CCN(CCCF)CCCCc1ccc2c(n1)NCCC2)Nc1cc(-c2ccccc2)ncn1. The summed E-state index contributed by atoms with van der Waals surface area (Å²) in [6, 6.07) is 14.9. The zero-order chi connectivity index (χ0) is 26.6. The summed E-state index contributed by atoms with van der Waals surface area (Å²) in [6.07, 6.45) is 7.29. The first-order chi connectivity index (χ1) is 18.6. The molecule has 38 heavy (non-hydrogen) atoms. The predicted molar refractivity (Wildman–Crippen MR) is 148 cm³/mol. The molecule has 1 aromatic carbocycles. The van der Waals surface area contributed by atoms with E-state index in [0.29, 0.717) is 31.7 Å². The summed E-state index contributed by atoms with van der Waals surface area (Å²) >= 11 is 0. The molecule has 8 nitrogen and oxygen atoms in total. The van der Waals surface area contributed by atoms with Gasteiger partial charge in [-0.1, -0.05) is 36.4 Å². The quantitative estimate of drug-likeness (QED) is 0.245. The van der Waals surface area contributed by atoms with Gasteiger partial charge in [-0.3, -0.25) is 4.39 Å². The van der Waals surface area contributed by atoms with Gasteiger partial charge in [-0.15, -0.1) is 0 Å². The first kappa shape index (κ1) is 27.4. The van der Waals surface area contributed by atoms with Crippen molar-refractivity contribution in [1.29, 1.82) is 0 Å². The van der Waals surface area contributed by atoms with Gasteiger partial charge in [0.2, 0.25) is 0 Å². The number of anilines is 2. The lowest BCUT2D eigenvalue weighted by molar-refractivity contribution is -0.138. The Bertz CT molecular complexity index is 1160. The van der Waals surface area contributed by atoms with Crippen molar-refractivity contribution in [2.75, 3.05) is 43.5 Å². The molecule has 0 saturated heterocycles. The second kappa shape index (κ2) is 14.4. The number of rotatable bonds is 15. The minimum atomic E-state index is -0.942. The Balaban J connectivity index is 1.28. The molecule has 0 radical (unpaired) electrons. The molecule has 202 valence electrons. The highest BCUT2D eigenvalue weighted by molar-refractivity contribution is 5.77. The van der Waals surface area contributed by atoms with Crippen LogP contribution in [0.2, 0.25) is 0 Å². The average Bonchev–Trinajstić information content (AvgIpc) is 2.96. The van der Waals surface area contributed by atoms with E-state index in [9.17, 15) is 14.3 Å². The Labute approximate surface area is 223 Å². The molecule has 0 saturated carbocycles. The van der Waals surface area contributed by atoms with Gasteiger partial charge in [0.1, 0.15) is 24.0 Å². The number of hydrogen-bond acceptors (Lipinski definition) is 7. The van der Waals surface area contributed by atoms with Gasteiger partial charge in [0, 0.05) is 37.0 Å². The van der Waals surface area contributed by atoms with Crippen molar-refractivity contribution in [1.82, 2.24) is 19.9 Å². The number of nitrogens with zero attached hydrogens (tertiary/aromatic N) is 4. The zero-order valence-corrected chi connectivity index (χ0v) is 21.8. The molecule has 1 aliphatic rings. The first-order valence-corrected chi connectivity index (χ1v) is 13.5. The highest BCUT2D eigenvalue weighted by Crippen LogP contribution is 2.21. The number of unbranched alkanes of at least 4 members (excludes halogenated alkanes) is 1. The maximum atomic E-state index is 12.9. The number of aryl methyl sites for hydroxylation is 2. The van der Waals surface area contributed by atoms with Crippen molar-refractivity contribution >= 4 is 17.6 Å². The Morgan fingerprint density at radius 3 is 2.74 bits per heavy atom. The molecule has 0 amide bonds. The topological polar surface area (TPSA) is 103 Å². The van der Waals surface area contributed by atoms with Gasteiger partial charge in [-0.25, -0.2) is 19.7 Å². The summed E-state index contributed by atoms with van der Waals surface area (Å²) < 4.78 is 12.9. The van der Waals surface area contributed by atoms with E-state index in [1.165, 1.54) is 11.9 Å². The molecule has 3 heterocycles. The molecule has 1 atom stereocenters. The number of benzene rings is 1. The second-order valence-electron chi connectivity index (χ2n) is 9.66. The fourth-order valence-electron chi connectivity index (χ4n) is 4.72. The predicted octanol–water partition coefficient (Wildman–Crippen LogP) is 4.84. The lowest BCUT2D eigenvalue weighted by atomic mass is 10.1. The van der Waals surface area contributed by atoms with E-state index >= 15 is 0 Å². The summed E-state index contributed by atoms with van der Waals surface area (Å²) in [4.78, 5) is 27.5. The highest BCUT2D eigenvalue weighted by Gasteiger charge is 2.20. The van der Waals surface area contributed by atoms with Crippen LogP contribution in [0, 0.1) is 0 Å². The number of aliphatic carboxylic acids is 1. The number of nitrogens with one attached hydrogen (secondary N) is 2. The van der Waals surface area contributed by atoms with Crippen LogP contribution in [0.3, 0.4) is 0 Å². The second-order valence-corrected chi connectivity index (χ2v) is 9.66. The lowest BCUT2D eigenvalue weighted by Gasteiger charge is -2.24. The van der Waals surface area contributed by atoms with Crippen molar-refractivity contribution in [3.63, 3.8) is 0 Å². The van der Waals surface area contributed by atoms with Crippen LogP contribution >= 0.6 is 0 Å². The van der Waals surface area contributed by atoms with Gasteiger partial charge < -0.3 is 20.6 Å². The molecular formula is C29H37FN6O2. The van der Waals surface area contributed by atoms with Crippen molar-refractivity contribution in [3.05, 3.63) is 66.1 Å². The Kier molecular flexibility index (Phi) is 10.4. The number of pyridine rings is 1. The maximum Gasteiger partial charge on any atom is 0.326 e. The summed E-state index contributed by atoms with van der Waals surface area (Å²) in [5.41, 5.74) is 4.03. The maximum absolute atomic E-state index is 12.9. The molecule has 0 aliphatic carbocycles. The molecule has 0 spiro atoms. The minimum absolute atomic E-state index is 0.379. The van der Waals surface area contributed by atoms with E-state index in [4.69, 9.17) is 4.98 Å². The molecule has 2 aromatic heterocycles. The number of fused-ring (bicyclic) bond motifs is 1. The standard InChI is InChI=1S/C29H37FN6O2/c30-15-7-18-36(17-5-4-11-24-13-12-23-10-6-16-31-28(23)34-24)19-14-25(29(37)38)35-27-20-26(32-21-33-27)22-8-2-1-3-9-22/h1-3,8-9,12-13,20-21,25H,4-7,10-11,14-19H2,(H,31,34)(H,37,38)(H,32,33,35). The fraction of sp³-hybridized carbons (Fsp3) is 0.448. The number of carboxylic acid groups (broad SMARTS) is 1. The monoisotopic (exact) mass is 520 g/mol. The third kappa shape index (κ3) is 8.21. The van der Waals surface area contributed by atoms with Crippen molar-refractivity contribution < 1.29 is 14.3 Å². The third-order valence-electron chi connectivity index (χ3n) is 6.81. The van der Waals surface area contributed by atoms with Gasteiger partial charge >= 0.3 is 5.97 Å². The largest absolute Gasteiger partial charge is 0.480 e. The smallest absolute Gasteiger partial charge is 0.326 e. The van der Waals surface area contributed by atoms with E-state index in [2.05, 4.69) is 37.6 Å². The summed E-state index contributed by atoms with van der Waals surface area (Å²) in [6.45, 7) is 2.55. The molecule has 0 fully saturated rings. The molecule has 3 aromatic rings. The number of hydrogen-bond donors (Lipinski definition) is 3. The fourth-order valence-corrected chi connectivity index (χ4v) is 4.72. The normalized spacial score (nSPS) is 13.5. The molecule has 1 aliphatic heterocycles. The minimum Gasteiger partial charge on any atom is -0.480 e. The summed E-state index contributed by atoms with van der Waals surface area (Å²) in [5.74, 6) is 0.543. The molecule has 1 unspecified atom stereocenters. The van der Waals surface area contributed by atoms with Crippen LogP contribution in [0.4, 0.5) is 16.0 Å². The van der Waals surface area contributed by atoms with Gasteiger partial charge in [0.05, 0.1) is 12.4 Å². The van der Waals surface area contributed by atoms with Crippen LogP contribution in [0.5, 0.6) is 0 Å². The first-order valence-electron chi connectivity index (χ1n) is 13.5. The summed E-state index contributed by atoms with van der Waals surface area (Å²) in [5, 5.41) is 16.3. The lowest BCUT2D eigenvalue weighted by Crippen LogP contribution is -2.36. The van der Waals surface area contributed by atoms with E-state index < -0.39 is 12.0 Å². The van der Waals surface area contributed by atoms with Crippen molar-refractivity contribution in [3.8, 4) is 11.3 Å². The Morgan fingerprint density at radius 1 is 1.08 bits per heavy atom. The molecule has 3 N–H and O–H groups in total. The van der Waals surface area contributed by atoms with E-state index in [1.807, 2.05) is 30.3 Å². The average molecular weight is 521 g/mol. The molecule has 9 heteroatoms. The van der Waals surface area contributed by atoms with Crippen LogP contribution < -0.4 is 10.6 Å². The number of aromatic nitrogens is 3. The van der Waals surface area contributed by atoms with Crippen LogP contribution in [-0.4, -0.2) is 69.8 Å². The van der Waals surface area contributed by atoms with Crippen LogP contribution in [-0.2, 0) is 17.6 Å². The zero-order valence-electron chi connectivity index (χ0n) is 21.8. The Hall–Kier alpha value is -3.59. The van der Waals surface area contributed by atoms with Gasteiger partial charge in [-0.2, -0.15) is 0 Å². The van der Waals surface area contributed by atoms with Crippen LogP contribution in [0.25, 0.3) is 11.3 Å². The van der Waals surface area contributed by atoms with Crippen LogP contribution in [0.1, 0.15) is 43.4 Å². The van der Waals surface area contributed by atoms with Crippen molar-refractivity contribution in [2.45, 2.75) is 51.0 Å². The number of alkyl halides is 1. The number of carbonyl (C=O) groups is 1. The van der Waals surface area contributed by atoms with Gasteiger partial charge in [-0.05, 0) is 63.1 Å². The van der Waals surface area contributed by atoms with Crippen molar-refractivity contribution in [2.24, 2.45) is 0 Å². The molecule has 0 bridgehead atoms. The number of halogens is 1. The number of carboxylic acids is 1. The molecule has 4 rings (SSSR count). The van der Waals surface area contributed by atoms with Gasteiger partial charge in [0.25, 0.3) is 0 Å². The third-order valence-corrected chi connectivity index (χ3v) is 6.81. The van der Waals surface area contributed by atoms with E-state index in [0.717, 1.165) is 68.0 Å². The van der Waals surface area contributed by atoms with E-state index in [1.54, 1.807) is 6.07 Å². The Morgan fingerprint density at radius 2 is 1.92 bits per heavy atom. The highest BCUT2D eigenvalue weighted by atomic mass is 19.1. The van der Waals surface area contributed by atoms with Crippen LogP contribution in [0.15, 0.2) is 54.9 Å². The summed E-state index contributed by atoms with van der Waals surface area (Å²) in [7, 11) is 0. The molecular weight excluding hydrogens is 483 g/mol. The van der Waals surface area contributed by atoms with Gasteiger partial charge in [0.15, 0.2) is 0 Å².